The summed E-state index contributed by atoms with van der Waals surface area (Å²) in [5, 5.41) is 9.69. The highest BCUT2D eigenvalue weighted by molar-refractivity contribution is 5.80. The minimum absolute atomic E-state index is 0.168. The van der Waals surface area contributed by atoms with Crippen molar-refractivity contribution in [2.45, 2.75) is 51.5 Å². The van der Waals surface area contributed by atoms with Crippen molar-refractivity contribution >= 4 is 17.7 Å². The van der Waals surface area contributed by atoms with Gasteiger partial charge in [-0.2, -0.15) is 0 Å². The molecule has 3 rings (SSSR count). The third-order valence-corrected chi connectivity index (χ3v) is 5.57. The number of carbonyl (C=O) groups is 1. The smallest absolute Gasteiger partial charge is 0.223 e. The van der Waals surface area contributed by atoms with E-state index in [0.29, 0.717) is 25.5 Å². The Balaban J connectivity index is 1.44. The fourth-order valence-electron chi connectivity index (χ4n) is 4.05. The van der Waals surface area contributed by atoms with Crippen LogP contribution in [-0.2, 0) is 4.79 Å². The number of guanidine groups is 1. The van der Waals surface area contributed by atoms with Crippen molar-refractivity contribution in [2.24, 2.45) is 10.9 Å². The average molecular weight is 405 g/mol. The van der Waals surface area contributed by atoms with E-state index in [-0.39, 0.29) is 23.7 Å². The molecule has 1 aromatic heterocycles. The van der Waals surface area contributed by atoms with Crippen molar-refractivity contribution in [2.75, 3.05) is 37.6 Å². The van der Waals surface area contributed by atoms with Crippen LogP contribution >= 0.6 is 0 Å². The molecule has 7 nitrogen and oxygen atoms in total. The summed E-state index contributed by atoms with van der Waals surface area (Å²) in [7, 11) is 0. The number of anilines is 1. The van der Waals surface area contributed by atoms with Crippen molar-refractivity contribution in [3.63, 3.8) is 0 Å². The van der Waals surface area contributed by atoms with Gasteiger partial charge < -0.3 is 20.9 Å². The predicted octanol–water partition coefficient (Wildman–Crippen LogP) is 2.05. The van der Waals surface area contributed by atoms with E-state index in [1.807, 2.05) is 11.8 Å². The largest absolute Gasteiger partial charge is 0.357 e. The van der Waals surface area contributed by atoms with Crippen LogP contribution in [-0.4, -0.2) is 55.6 Å². The summed E-state index contributed by atoms with van der Waals surface area (Å²) in [4.78, 5) is 22.9. The lowest BCUT2D eigenvalue weighted by Gasteiger charge is -2.21. The van der Waals surface area contributed by atoms with E-state index in [1.54, 1.807) is 12.3 Å². The van der Waals surface area contributed by atoms with E-state index in [4.69, 9.17) is 0 Å². The third-order valence-electron chi connectivity index (χ3n) is 5.57. The van der Waals surface area contributed by atoms with E-state index in [9.17, 15) is 9.18 Å². The second-order valence-electron chi connectivity index (χ2n) is 7.77. The molecule has 3 N–H and O–H groups in total. The molecule has 8 heteroatoms. The topological polar surface area (TPSA) is 81.6 Å². The molecule has 2 heterocycles. The molecule has 2 fully saturated rings. The minimum atomic E-state index is -0.289. The number of hydrogen-bond donors (Lipinski definition) is 3. The van der Waals surface area contributed by atoms with Crippen molar-refractivity contribution in [3.8, 4) is 0 Å². The number of nitrogens with one attached hydrogen (secondary N) is 3. The van der Waals surface area contributed by atoms with Gasteiger partial charge in [0.2, 0.25) is 5.91 Å². The van der Waals surface area contributed by atoms with Crippen molar-refractivity contribution in [1.82, 2.24) is 20.9 Å². The Bertz CT molecular complexity index is 692. The zero-order chi connectivity index (χ0) is 20.5. The first kappa shape index (κ1) is 21.3. The van der Waals surface area contributed by atoms with Gasteiger partial charge in [-0.05, 0) is 38.3 Å². The first-order chi connectivity index (χ1) is 14.2. The molecule has 1 saturated heterocycles. The molecule has 29 heavy (non-hydrogen) atoms. The molecule has 0 aromatic carbocycles. The van der Waals surface area contributed by atoms with Gasteiger partial charge in [0.25, 0.3) is 0 Å². The second kappa shape index (κ2) is 11.0. The molecule has 1 amide bonds. The number of hydrogen-bond acceptors (Lipinski definition) is 4. The minimum Gasteiger partial charge on any atom is -0.357 e. The maximum absolute atomic E-state index is 14.0. The quantitative estimate of drug-likeness (QED) is 0.368. The lowest BCUT2D eigenvalue weighted by atomic mass is 9.89. The Kier molecular flexibility index (Phi) is 8.07. The molecule has 0 radical (unpaired) electrons. The van der Waals surface area contributed by atoms with Gasteiger partial charge >= 0.3 is 0 Å². The van der Waals surface area contributed by atoms with Gasteiger partial charge in [0.15, 0.2) is 17.6 Å². The first-order valence-corrected chi connectivity index (χ1v) is 10.9. The Labute approximate surface area is 172 Å². The number of carbonyl (C=O) groups excluding carboxylic acids is 1. The van der Waals surface area contributed by atoms with Gasteiger partial charge in [-0.1, -0.05) is 19.3 Å². The van der Waals surface area contributed by atoms with Crippen LogP contribution in [0.1, 0.15) is 45.4 Å². The highest BCUT2D eigenvalue weighted by Gasteiger charge is 2.26. The lowest BCUT2D eigenvalue weighted by Crippen LogP contribution is -2.45. The van der Waals surface area contributed by atoms with Crippen molar-refractivity contribution in [1.29, 1.82) is 0 Å². The number of nitrogens with zero attached hydrogens (tertiary/aromatic N) is 3. The molecule has 1 unspecified atom stereocenters. The lowest BCUT2D eigenvalue weighted by molar-refractivity contribution is -0.125. The van der Waals surface area contributed by atoms with Crippen molar-refractivity contribution in [3.05, 3.63) is 24.1 Å². The Morgan fingerprint density at radius 2 is 2.10 bits per heavy atom. The number of aliphatic imine (C=N–C) groups is 1. The number of halogens is 1. The molecular formula is C21H33FN6O. The molecule has 1 saturated carbocycles. The molecule has 1 aliphatic heterocycles. The van der Waals surface area contributed by atoms with Crippen LogP contribution in [0.5, 0.6) is 0 Å². The zero-order valence-electron chi connectivity index (χ0n) is 17.3. The Hall–Kier alpha value is -2.38. The first-order valence-electron chi connectivity index (χ1n) is 10.9. The summed E-state index contributed by atoms with van der Waals surface area (Å²) in [6, 6.07) is 3.22. The molecule has 1 aromatic rings. The number of rotatable bonds is 7. The van der Waals surface area contributed by atoms with E-state index in [1.165, 1.54) is 12.5 Å². The SMILES string of the molecule is CCNC(=NCCNC(=O)C1CCCCC1)NC1CCN(c2ncccc2F)C1. The van der Waals surface area contributed by atoms with Gasteiger partial charge in [0.05, 0.1) is 6.54 Å². The van der Waals surface area contributed by atoms with Crippen LogP contribution in [0.3, 0.4) is 0 Å². The highest BCUT2D eigenvalue weighted by atomic mass is 19.1. The summed E-state index contributed by atoms with van der Waals surface area (Å²) in [6.07, 6.45) is 8.09. The molecular weight excluding hydrogens is 371 g/mol. The van der Waals surface area contributed by atoms with Crippen LogP contribution in [0.25, 0.3) is 0 Å². The van der Waals surface area contributed by atoms with Crippen LogP contribution in [0, 0.1) is 11.7 Å². The van der Waals surface area contributed by atoms with Gasteiger partial charge in [-0.15, -0.1) is 0 Å². The van der Waals surface area contributed by atoms with E-state index in [2.05, 4.69) is 25.9 Å². The number of pyridine rings is 1. The number of amides is 1. The van der Waals surface area contributed by atoms with Crippen molar-refractivity contribution < 1.29 is 9.18 Å². The van der Waals surface area contributed by atoms with Crippen LogP contribution in [0.15, 0.2) is 23.3 Å². The van der Waals surface area contributed by atoms with E-state index >= 15 is 0 Å². The maximum Gasteiger partial charge on any atom is 0.223 e. The Morgan fingerprint density at radius 3 is 2.86 bits per heavy atom. The van der Waals surface area contributed by atoms with E-state index < -0.39 is 0 Å². The second-order valence-corrected chi connectivity index (χ2v) is 7.77. The van der Waals surface area contributed by atoms with Gasteiger partial charge in [0, 0.05) is 44.3 Å². The van der Waals surface area contributed by atoms with Gasteiger partial charge in [0.1, 0.15) is 0 Å². The molecule has 0 bridgehead atoms. The summed E-state index contributed by atoms with van der Waals surface area (Å²) in [5.41, 5.74) is 0. The standard InChI is InChI=1S/C21H33FN6O/c1-2-23-21(26-13-12-25-20(29)16-7-4-3-5-8-16)27-17-10-14-28(15-17)19-18(22)9-6-11-24-19/h6,9,11,16-17H,2-5,7-8,10,12-15H2,1H3,(H,25,29)(H2,23,26,27). The molecule has 1 atom stereocenters. The average Bonchev–Trinajstić information content (AvgIpc) is 3.20. The highest BCUT2D eigenvalue weighted by Crippen LogP contribution is 2.23. The normalized spacial score (nSPS) is 20.6. The summed E-state index contributed by atoms with van der Waals surface area (Å²) < 4.78 is 14.0. The Morgan fingerprint density at radius 1 is 1.28 bits per heavy atom. The molecule has 1 aliphatic carbocycles. The predicted molar refractivity (Wildman–Crippen MR) is 114 cm³/mol. The monoisotopic (exact) mass is 404 g/mol. The zero-order valence-corrected chi connectivity index (χ0v) is 17.3. The van der Waals surface area contributed by atoms with Crippen LogP contribution < -0.4 is 20.9 Å². The maximum atomic E-state index is 14.0. The van der Waals surface area contributed by atoms with Gasteiger partial charge in [-0.25, -0.2) is 9.37 Å². The summed E-state index contributed by atoms with van der Waals surface area (Å²) >= 11 is 0. The van der Waals surface area contributed by atoms with Crippen LogP contribution in [0.4, 0.5) is 10.2 Å². The molecule has 2 aliphatic rings. The van der Waals surface area contributed by atoms with Crippen LogP contribution in [0.2, 0.25) is 0 Å². The van der Waals surface area contributed by atoms with Gasteiger partial charge in [-0.3, -0.25) is 9.79 Å². The van der Waals surface area contributed by atoms with E-state index in [0.717, 1.165) is 51.2 Å². The third kappa shape index (κ3) is 6.30. The summed E-state index contributed by atoms with van der Waals surface area (Å²) in [5.74, 6) is 1.19. The fourth-order valence-corrected chi connectivity index (χ4v) is 4.05. The molecule has 0 spiro atoms. The molecule has 160 valence electrons. The summed E-state index contributed by atoms with van der Waals surface area (Å²) in [6.45, 7) is 5.28. The fraction of sp³-hybridized carbons (Fsp3) is 0.667. The number of aromatic nitrogens is 1.